The van der Waals surface area contributed by atoms with Gasteiger partial charge in [-0.15, -0.1) is 11.8 Å². The lowest BCUT2D eigenvalue weighted by Crippen LogP contribution is -2.38. The van der Waals surface area contributed by atoms with Crippen LogP contribution in [-0.2, 0) is 16.0 Å². The van der Waals surface area contributed by atoms with E-state index in [1.54, 1.807) is 0 Å². The number of hydrogen-bond acceptors (Lipinski definition) is 3. The topological polar surface area (TPSA) is 49.4 Å². The fourth-order valence-corrected chi connectivity index (χ4v) is 4.11. The largest absolute Gasteiger partial charge is 0.339 e. The van der Waals surface area contributed by atoms with Crippen LogP contribution in [0.4, 0.5) is 5.69 Å². The third-order valence-corrected chi connectivity index (χ3v) is 5.72. The minimum absolute atomic E-state index is 0.0705. The number of thioether (sulfide) groups is 1. The van der Waals surface area contributed by atoms with E-state index in [4.69, 9.17) is 0 Å². The van der Waals surface area contributed by atoms with Gasteiger partial charge < -0.3 is 10.2 Å². The van der Waals surface area contributed by atoms with Crippen molar-refractivity contribution in [3.8, 4) is 0 Å². The van der Waals surface area contributed by atoms with E-state index < -0.39 is 0 Å². The summed E-state index contributed by atoms with van der Waals surface area (Å²) in [5, 5.41) is 2.87. The Morgan fingerprint density at radius 2 is 1.81 bits per heavy atom. The number of carbonyl (C=O) groups is 2. The Morgan fingerprint density at radius 3 is 2.56 bits per heavy atom. The van der Waals surface area contributed by atoms with Crippen LogP contribution in [0.2, 0.25) is 0 Å². The summed E-state index contributed by atoms with van der Waals surface area (Å²) in [6.45, 7) is 2.84. The van der Waals surface area contributed by atoms with Gasteiger partial charge in [0.2, 0.25) is 11.8 Å². The van der Waals surface area contributed by atoms with Crippen LogP contribution < -0.4 is 5.32 Å². The molecule has 1 saturated heterocycles. The maximum Gasteiger partial charge on any atom is 0.234 e. The van der Waals surface area contributed by atoms with Gasteiger partial charge in [0.25, 0.3) is 0 Å². The molecule has 2 aromatic rings. The monoisotopic (exact) mass is 382 g/mol. The second kappa shape index (κ2) is 9.60. The summed E-state index contributed by atoms with van der Waals surface area (Å²) in [6.07, 6.45) is 3.02. The Kier molecular flexibility index (Phi) is 6.93. The zero-order chi connectivity index (χ0) is 19.1. The summed E-state index contributed by atoms with van der Waals surface area (Å²) in [6, 6.07) is 18.3. The first kappa shape index (κ1) is 19.5. The molecule has 0 radical (unpaired) electrons. The molecule has 1 fully saturated rings. The van der Waals surface area contributed by atoms with Gasteiger partial charge in [-0.25, -0.2) is 0 Å². The van der Waals surface area contributed by atoms with Crippen molar-refractivity contribution in [3.05, 3.63) is 65.7 Å². The SMILES string of the molecule is Cc1ccc(NC(=O)CSCC(=O)N2CCCC2Cc2ccccc2)cc1. The van der Waals surface area contributed by atoms with Crippen LogP contribution in [0, 0.1) is 6.92 Å². The molecule has 2 amide bonds. The van der Waals surface area contributed by atoms with Crippen molar-refractivity contribution in [1.29, 1.82) is 0 Å². The van der Waals surface area contributed by atoms with Crippen molar-refractivity contribution < 1.29 is 9.59 Å². The van der Waals surface area contributed by atoms with Gasteiger partial charge in [-0.2, -0.15) is 0 Å². The van der Waals surface area contributed by atoms with Crippen LogP contribution in [0.1, 0.15) is 24.0 Å². The van der Waals surface area contributed by atoms with E-state index in [-0.39, 0.29) is 23.6 Å². The quantitative estimate of drug-likeness (QED) is 0.790. The highest BCUT2D eigenvalue weighted by atomic mass is 32.2. The van der Waals surface area contributed by atoms with Gasteiger partial charge in [0.1, 0.15) is 0 Å². The zero-order valence-electron chi connectivity index (χ0n) is 15.7. The van der Waals surface area contributed by atoms with Gasteiger partial charge >= 0.3 is 0 Å². The number of benzene rings is 2. The van der Waals surface area contributed by atoms with Crippen molar-refractivity contribution in [3.63, 3.8) is 0 Å². The Hall–Kier alpha value is -2.27. The number of carbonyl (C=O) groups excluding carboxylic acids is 2. The van der Waals surface area contributed by atoms with E-state index in [1.165, 1.54) is 17.3 Å². The lowest BCUT2D eigenvalue weighted by molar-refractivity contribution is -0.129. The minimum Gasteiger partial charge on any atom is -0.339 e. The second-order valence-corrected chi connectivity index (χ2v) is 7.97. The van der Waals surface area contributed by atoms with Gasteiger partial charge in [-0.3, -0.25) is 9.59 Å². The highest BCUT2D eigenvalue weighted by Crippen LogP contribution is 2.22. The predicted octanol–water partition coefficient (Wildman–Crippen LogP) is 3.90. The summed E-state index contributed by atoms with van der Waals surface area (Å²) in [7, 11) is 0. The number of hydrogen-bond donors (Lipinski definition) is 1. The van der Waals surface area contributed by atoms with Gasteiger partial charge in [-0.1, -0.05) is 48.0 Å². The first-order valence-electron chi connectivity index (χ1n) is 9.39. The number of aryl methyl sites for hydroxylation is 1. The smallest absolute Gasteiger partial charge is 0.234 e. The van der Waals surface area contributed by atoms with Gasteiger partial charge in [-0.05, 0) is 43.9 Å². The molecular weight excluding hydrogens is 356 g/mol. The molecule has 2 aromatic carbocycles. The van der Waals surface area contributed by atoms with E-state index in [1.807, 2.05) is 54.3 Å². The molecule has 1 heterocycles. The molecule has 0 spiro atoms. The first-order valence-corrected chi connectivity index (χ1v) is 10.5. The molecule has 142 valence electrons. The Morgan fingerprint density at radius 1 is 1.07 bits per heavy atom. The molecule has 0 aromatic heterocycles. The van der Waals surface area contributed by atoms with Crippen molar-refractivity contribution in [1.82, 2.24) is 4.90 Å². The maximum atomic E-state index is 12.6. The minimum atomic E-state index is -0.0705. The molecule has 0 saturated carbocycles. The summed E-state index contributed by atoms with van der Waals surface area (Å²) >= 11 is 1.38. The highest BCUT2D eigenvalue weighted by molar-refractivity contribution is 8.00. The highest BCUT2D eigenvalue weighted by Gasteiger charge is 2.28. The second-order valence-electron chi connectivity index (χ2n) is 6.98. The fourth-order valence-electron chi connectivity index (χ4n) is 3.41. The summed E-state index contributed by atoms with van der Waals surface area (Å²) in [5.74, 6) is 0.712. The standard InChI is InChI=1S/C22H26N2O2S/c1-17-9-11-19(12-10-17)23-21(25)15-27-16-22(26)24-13-5-8-20(24)14-18-6-3-2-4-7-18/h2-4,6-7,9-12,20H,5,8,13-16H2,1H3,(H,23,25). The van der Waals surface area contributed by atoms with Crippen LogP contribution in [0.15, 0.2) is 54.6 Å². The van der Waals surface area contributed by atoms with Crippen LogP contribution in [-0.4, -0.2) is 40.8 Å². The number of rotatable bonds is 7. The Bertz CT molecular complexity index is 762. The summed E-state index contributed by atoms with van der Waals surface area (Å²) in [4.78, 5) is 26.6. The average molecular weight is 383 g/mol. The van der Waals surface area contributed by atoms with Crippen LogP contribution in [0.5, 0.6) is 0 Å². The number of anilines is 1. The first-order chi connectivity index (χ1) is 13.1. The average Bonchev–Trinajstić information content (AvgIpc) is 3.12. The molecule has 1 N–H and O–H groups in total. The van der Waals surface area contributed by atoms with Crippen molar-refractivity contribution in [2.75, 3.05) is 23.4 Å². The molecular formula is C22H26N2O2S. The molecule has 0 bridgehead atoms. The third-order valence-electron chi connectivity index (χ3n) is 4.81. The summed E-state index contributed by atoms with van der Waals surface area (Å²) < 4.78 is 0. The lowest BCUT2D eigenvalue weighted by Gasteiger charge is -2.24. The number of nitrogens with one attached hydrogen (secondary N) is 1. The van der Waals surface area contributed by atoms with Crippen molar-refractivity contribution in [2.24, 2.45) is 0 Å². The molecule has 5 heteroatoms. The third kappa shape index (κ3) is 5.86. The fraction of sp³-hybridized carbons (Fsp3) is 0.364. The van der Waals surface area contributed by atoms with E-state index >= 15 is 0 Å². The number of amides is 2. The maximum absolute atomic E-state index is 12.6. The van der Waals surface area contributed by atoms with Crippen molar-refractivity contribution in [2.45, 2.75) is 32.2 Å². The van der Waals surface area contributed by atoms with Crippen LogP contribution >= 0.6 is 11.8 Å². The van der Waals surface area contributed by atoms with E-state index in [0.29, 0.717) is 5.75 Å². The van der Waals surface area contributed by atoms with Gasteiger partial charge in [0.15, 0.2) is 0 Å². The lowest BCUT2D eigenvalue weighted by atomic mass is 10.0. The zero-order valence-corrected chi connectivity index (χ0v) is 16.5. The van der Waals surface area contributed by atoms with E-state index in [9.17, 15) is 9.59 Å². The number of likely N-dealkylation sites (tertiary alicyclic amines) is 1. The predicted molar refractivity (Wildman–Crippen MR) is 112 cm³/mol. The van der Waals surface area contributed by atoms with E-state index in [0.717, 1.165) is 37.1 Å². The molecule has 1 atom stereocenters. The molecule has 4 nitrogen and oxygen atoms in total. The molecule has 1 unspecified atom stereocenters. The summed E-state index contributed by atoms with van der Waals surface area (Å²) in [5.41, 5.74) is 3.22. The van der Waals surface area contributed by atoms with Crippen molar-refractivity contribution >= 4 is 29.3 Å². The molecule has 3 rings (SSSR count). The molecule has 0 aliphatic carbocycles. The molecule has 1 aliphatic rings. The van der Waals surface area contributed by atoms with Crippen LogP contribution in [0.25, 0.3) is 0 Å². The van der Waals surface area contributed by atoms with Gasteiger partial charge in [0.05, 0.1) is 11.5 Å². The normalized spacial score (nSPS) is 16.3. The Balaban J connectivity index is 1.42. The van der Waals surface area contributed by atoms with E-state index in [2.05, 4.69) is 17.4 Å². The number of nitrogens with zero attached hydrogens (tertiary/aromatic N) is 1. The Labute approximate surface area is 165 Å². The molecule has 27 heavy (non-hydrogen) atoms. The molecule has 1 aliphatic heterocycles. The van der Waals surface area contributed by atoms with Crippen LogP contribution in [0.3, 0.4) is 0 Å². The van der Waals surface area contributed by atoms with Gasteiger partial charge in [0, 0.05) is 18.3 Å².